The van der Waals surface area contributed by atoms with Crippen molar-refractivity contribution in [1.82, 2.24) is 5.32 Å². The van der Waals surface area contributed by atoms with Gasteiger partial charge in [0.25, 0.3) is 0 Å². The summed E-state index contributed by atoms with van der Waals surface area (Å²) in [7, 11) is 1.95. The third kappa shape index (κ3) is 3.14. The fourth-order valence-electron chi connectivity index (χ4n) is 2.99. The van der Waals surface area contributed by atoms with Crippen LogP contribution < -0.4 is 5.32 Å². The fraction of sp³-hybridized carbons (Fsp3) is 0.333. The van der Waals surface area contributed by atoms with Crippen LogP contribution in [-0.4, -0.2) is 19.7 Å². The zero-order chi connectivity index (χ0) is 14.7. The molecule has 0 radical (unpaired) electrons. The lowest BCUT2D eigenvalue weighted by Gasteiger charge is -2.32. The van der Waals surface area contributed by atoms with Gasteiger partial charge in [-0.15, -0.1) is 0 Å². The van der Waals surface area contributed by atoms with Crippen molar-refractivity contribution in [3.8, 4) is 0 Å². The lowest BCUT2D eigenvalue weighted by atomic mass is 9.90. The van der Waals surface area contributed by atoms with E-state index >= 15 is 0 Å². The highest BCUT2D eigenvalue weighted by Crippen LogP contribution is 2.30. The van der Waals surface area contributed by atoms with Crippen molar-refractivity contribution < 1.29 is 9.13 Å². The van der Waals surface area contributed by atoms with Crippen LogP contribution in [0.15, 0.2) is 48.5 Å². The molecule has 2 nitrogen and oxygen atoms in total. The van der Waals surface area contributed by atoms with Crippen molar-refractivity contribution in [2.45, 2.75) is 25.0 Å². The maximum absolute atomic E-state index is 13.0. The quantitative estimate of drug-likeness (QED) is 0.931. The van der Waals surface area contributed by atoms with Gasteiger partial charge in [-0.2, -0.15) is 0 Å². The highest BCUT2D eigenvalue weighted by Gasteiger charge is 2.27. The summed E-state index contributed by atoms with van der Waals surface area (Å²) in [4.78, 5) is 0. The summed E-state index contributed by atoms with van der Waals surface area (Å²) in [6.45, 7) is 0.753. The second-order valence-electron chi connectivity index (χ2n) is 5.47. The Morgan fingerprint density at radius 1 is 1.19 bits per heavy atom. The monoisotopic (exact) mass is 285 g/mol. The summed E-state index contributed by atoms with van der Waals surface area (Å²) < 4.78 is 19.0. The van der Waals surface area contributed by atoms with E-state index in [-0.39, 0.29) is 18.0 Å². The molecule has 0 saturated heterocycles. The van der Waals surface area contributed by atoms with E-state index in [1.54, 1.807) is 0 Å². The van der Waals surface area contributed by atoms with Gasteiger partial charge in [0.15, 0.2) is 0 Å². The molecule has 0 aromatic heterocycles. The predicted octanol–water partition coefficient (Wildman–Crippen LogP) is 3.27. The molecule has 0 bridgehead atoms. The zero-order valence-electron chi connectivity index (χ0n) is 12.2. The maximum Gasteiger partial charge on any atom is 0.123 e. The molecule has 1 aliphatic rings. The van der Waals surface area contributed by atoms with Crippen molar-refractivity contribution in [2.24, 2.45) is 0 Å². The first-order valence-electron chi connectivity index (χ1n) is 7.39. The van der Waals surface area contributed by atoms with Crippen LogP contribution >= 0.6 is 0 Å². The Bertz CT molecular complexity index is 596. The van der Waals surface area contributed by atoms with Gasteiger partial charge in [-0.25, -0.2) is 4.39 Å². The van der Waals surface area contributed by atoms with E-state index in [2.05, 4.69) is 29.6 Å². The Kier molecular flexibility index (Phi) is 4.32. The summed E-state index contributed by atoms with van der Waals surface area (Å²) >= 11 is 0. The Morgan fingerprint density at radius 3 is 2.71 bits per heavy atom. The molecule has 21 heavy (non-hydrogen) atoms. The third-order valence-corrected chi connectivity index (χ3v) is 4.14. The van der Waals surface area contributed by atoms with E-state index in [4.69, 9.17) is 4.74 Å². The minimum Gasteiger partial charge on any atom is -0.372 e. The largest absolute Gasteiger partial charge is 0.372 e. The number of likely N-dealkylation sites (N-methyl/N-ethyl adjacent to an activating group) is 1. The van der Waals surface area contributed by atoms with Gasteiger partial charge in [0.05, 0.1) is 12.7 Å². The summed E-state index contributed by atoms with van der Waals surface area (Å²) in [6.07, 6.45) is 1.83. The molecule has 2 atom stereocenters. The second kappa shape index (κ2) is 6.37. The van der Waals surface area contributed by atoms with E-state index < -0.39 is 0 Å². The Morgan fingerprint density at radius 2 is 1.95 bits per heavy atom. The Balaban J connectivity index is 1.82. The minimum atomic E-state index is -0.195. The van der Waals surface area contributed by atoms with E-state index in [0.717, 1.165) is 25.0 Å². The molecule has 2 aromatic rings. The van der Waals surface area contributed by atoms with Gasteiger partial charge in [-0.05, 0) is 48.7 Å². The fourth-order valence-corrected chi connectivity index (χ4v) is 2.99. The van der Waals surface area contributed by atoms with Gasteiger partial charge in [-0.1, -0.05) is 36.4 Å². The molecule has 1 N–H and O–H groups in total. The van der Waals surface area contributed by atoms with Crippen molar-refractivity contribution in [2.75, 3.05) is 13.7 Å². The molecule has 1 heterocycles. The van der Waals surface area contributed by atoms with Gasteiger partial charge in [-0.3, -0.25) is 0 Å². The Labute approximate surface area is 125 Å². The summed E-state index contributed by atoms with van der Waals surface area (Å²) in [5, 5.41) is 3.36. The van der Waals surface area contributed by atoms with E-state index in [1.165, 1.54) is 23.3 Å². The number of benzene rings is 2. The summed E-state index contributed by atoms with van der Waals surface area (Å²) in [5.74, 6) is -0.195. The summed E-state index contributed by atoms with van der Waals surface area (Å²) in [6, 6.07) is 15.3. The van der Waals surface area contributed by atoms with Gasteiger partial charge in [0, 0.05) is 6.04 Å². The van der Waals surface area contributed by atoms with Crippen LogP contribution in [0.2, 0.25) is 0 Å². The molecule has 0 saturated carbocycles. The van der Waals surface area contributed by atoms with Crippen LogP contribution in [0.4, 0.5) is 4.39 Å². The molecule has 2 unspecified atom stereocenters. The average Bonchev–Trinajstić information content (AvgIpc) is 2.54. The molecule has 0 amide bonds. The number of fused-ring (bicyclic) bond motifs is 1. The molecule has 0 aliphatic carbocycles. The third-order valence-electron chi connectivity index (χ3n) is 4.14. The first kappa shape index (κ1) is 14.2. The highest BCUT2D eigenvalue weighted by atomic mass is 19.1. The van der Waals surface area contributed by atoms with Crippen LogP contribution in [0.5, 0.6) is 0 Å². The Hall–Kier alpha value is -1.71. The molecule has 3 heteroatoms. The van der Waals surface area contributed by atoms with Crippen molar-refractivity contribution in [3.63, 3.8) is 0 Å². The number of halogens is 1. The van der Waals surface area contributed by atoms with Crippen LogP contribution in [0.25, 0.3) is 0 Å². The molecule has 2 aromatic carbocycles. The molecular formula is C18H20FNO. The number of nitrogens with one attached hydrogen (secondary N) is 1. The molecule has 0 spiro atoms. The number of rotatable bonds is 4. The highest BCUT2D eigenvalue weighted by molar-refractivity contribution is 5.32. The molecular weight excluding hydrogens is 265 g/mol. The van der Waals surface area contributed by atoms with E-state index in [1.807, 2.05) is 19.2 Å². The second-order valence-corrected chi connectivity index (χ2v) is 5.47. The zero-order valence-corrected chi connectivity index (χ0v) is 12.2. The normalized spacial score (nSPS) is 19.0. The average molecular weight is 285 g/mol. The molecule has 0 fully saturated rings. The van der Waals surface area contributed by atoms with Crippen LogP contribution in [0.1, 0.15) is 22.8 Å². The minimum absolute atomic E-state index is 0.0463. The van der Waals surface area contributed by atoms with Crippen LogP contribution in [0.3, 0.4) is 0 Å². The first-order chi connectivity index (χ1) is 10.3. The lowest BCUT2D eigenvalue weighted by molar-refractivity contribution is 0.0172. The maximum atomic E-state index is 13.0. The van der Waals surface area contributed by atoms with E-state index in [9.17, 15) is 4.39 Å². The number of hydrogen-bond donors (Lipinski definition) is 1. The topological polar surface area (TPSA) is 21.3 Å². The summed E-state index contributed by atoms with van der Waals surface area (Å²) in [5.41, 5.74) is 3.75. The SMILES string of the molecule is CNC(Cc1ccc(F)cc1)C1OCCc2ccccc21. The van der Waals surface area contributed by atoms with Crippen molar-refractivity contribution in [1.29, 1.82) is 0 Å². The van der Waals surface area contributed by atoms with E-state index in [0.29, 0.717) is 0 Å². The van der Waals surface area contributed by atoms with Crippen molar-refractivity contribution in [3.05, 3.63) is 71.0 Å². The standard InChI is InChI=1S/C18H20FNO/c1-20-17(12-13-6-8-15(19)9-7-13)18-16-5-3-2-4-14(16)10-11-21-18/h2-9,17-18,20H,10-12H2,1H3. The smallest absolute Gasteiger partial charge is 0.123 e. The van der Waals surface area contributed by atoms with Gasteiger partial charge in [0.1, 0.15) is 5.82 Å². The van der Waals surface area contributed by atoms with Gasteiger partial charge < -0.3 is 10.1 Å². The van der Waals surface area contributed by atoms with Crippen LogP contribution in [0, 0.1) is 5.82 Å². The number of hydrogen-bond acceptors (Lipinski definition) is 2. The lowest BCUT2D eigenvalue weighted by Crippen LogP contribution is -2.38. The molecule has 3 rings (SSSR count). The molecule has 1 aliphatic heterocycles. The van der Waals surface area contributed by atoms with Crippen LogP contribution in [-0.2, 0) is 17.6 Å². The van der Waals surface area contributed by atoms with Gasteiger partial charge >= 0.3 is 0 Å². The number of ether oxygens (including phenoxy) is 1. The first-order valence-corrected chi connectivity index (χ1v) is 7.39. The predicted molar refractivity (Wildman–Crippen MR) is 81.8 cm³/mol. The van der Waals surface area contributed by atoms with Gasteiger partial charge in [0.2, 0.25) is 0 Å². The molecule has 110 valence electrons. The van der Waals surface area contributed by atoms with Crippen molar-refractivity contribution >= 4 is 0 Å².